The zero-order valence-corrected chi connectivity index (χ0v) is 26.0. The first-order valence-electron chi connectivity index (χ1n) is 14.9. The molecule has 0 aliphatic heterocycles. The van der Waals surface area contributed by atoms with E-state index in [0.717, 1.165) is 5.75 Å². The Morgan fingerprint density at radius 2 is 0.745 bits per heavy atom. The van der Waals surface area contributed by atoms with E-state index in [4.69, 9.17) is 42.6 Å². The van der Waals surface area contributed by atoms with Crippen molar-refractivity contribution >= 4 is 5.97 Å². The van der Waals surface area contributed by atoms with Crippen LogP contribution in [0.5, 0.6) is 11.5 Å². The zero-order valence-electron chi connectivity index (χ0n) is 26.0. The van der Waals surface area contributed by atoms with Crippen LogP contribution in [0.3, 0.4) is 0 Å². The Bertz CT molecular complexity index is 1090. The number of rotatable bonds is 29. The van der Waals surface area contributed by atoms with Crippen molar-refractivity contribution in [3.63, 3.8) is 0 Å². The van der Waals surface area contributed by atoms with Crippen molar-refractivity contribution in [3.05, 3.63) is 59.4 Å². The molecule has 2 rings (SSSR count). The quantitative estimate of drug-likeness (QED) is 0.0311. The average Bonchev–Trinajstić information content (AvgIpc) is 3.08. The second kappa shape index (κ2) is 26.0. The van der Waals surface area contributed by atoms with Crippen molar-refractivity contribution in [3.8, 4) is 11.5 Å². The third-order valence-corrected chi connectivity index (χ3v) is 5.68. The van der Waals surface area contributed by atoms with Gasteiger partial charge in [-0.25, -0.2) is 13.2 Å². The Labute approximate surface area is 270 Å². The van der Waals surface area contributed by atoms with Crippen molar-refractivity contribution in [1.82, 2.24) is 0 Å². The number of hydrogen-bond acceptors (Lipinski definition) is 11. The number of benzene rings is 2. The molecule has 0 heterocycles. The van der Waals surface area contributed by atoms with E-state index in [1.54, 1.807) is 0 Å². The number of hydrogen-bond donors (Lipinski definition) is 0. The van der Waals surface area contributed by atoms with Gasteiger partial charge in [0, 0.05) is 0 Å². The lowest BCUT2D eigenvalue weighted by atomic mass is 10.2. The van der Waals surface area contributed by atoms with Gasteiger partial charge >= 0.3 is 5.97 Å². The summed E-state index contributed by atoms with van der Waals surface area (Å²) in [6, 6.07) is 9.54. The maximum atomic E-state index is 13.5. The van der Waals surface area contributed by atoms with Gasteiger partial charge in [0.15, 0.2) is 0 Å². The third kappa shape index (κ3) is 18.2. The van der Waals surface area contributed by atoms with Crippen LogP contribution in [-0.4, -0.2) is 118 Å². The van der Waals surface area contributed by atoms with Gasteiger partial charge in [-0.15, -0.1) is 0 Å². The van der Waals surface area contributed by atoms with Gasteiger partial charge in [-0.3, -0.25) is 4.79 Å². The highest BCUT2D eigenvalue weighted by Gasteiger charge is 2.28. The predicted molar refractivity (Wildman–Crippen MR) is 155 cm³/mol. The van der Waals surface area contributed by atoms with Crippen molar-refractivity contribution in [2.45, 2.75) is 6.42 Å². The van der Waals surface area contributed by atoms with Gasteiger partial charge in [-0.2, -0.15) is 8.78 Å². The molecule has 0 spiro atoms. The molecule has 2 aromatic carbocycles. The van der Waals surface area contributed by atoms with Gasteiger partial charge in [0.1, 0.15) is 12.4 Å². The number of para-hydroxylation sites is 1. The molecular weight excluding hydrogens is 643 g/mol. The fourth-order valence-electron chi connectivity index (χ4n) is 3.37. The lowest BCUT2D eigenvalue weighted by Crippen LogP contribution is -2.16. The zero-order chi connectivity index (χ0) is 34.0. The summed E-state index contributed by atoms with van der Waals surface area (Å²) in [5.41, 5.74) is 0. The van der Waals surface area contributed by atoms with Crippen LogP contribution in [0.4, 0.5) is 22.0 Å². The third-order valence-electron chi connectivity index (χ3n) is 5.68. The first-order valence-corrected chi connectivity index (χ1v) is 14.9. The minimum Gasteiger partial charge on any atom is -0.491 e. The standard InChI is InChI=1S/C31H41F5O11/c32-26-27(33)29(35)31(30(36)28(26)34)47-25(37)6-7-38-8-9-39-10-11-40-12-13-41-14-15-42-16-17-43-18-19-44-20-21-45-22-23-46-24-4-2-1-3-5-24/h1-5H,6-23H2. The smallest absolute Gasteiger partial charge is 0.313 e. The molecular formula is C31H41F5O11. The van der Waals surface area contributed by atoms with Crippen LogP contribution in [0, 0.1) is 29.1 Å². The molecule has 0 fully saturated rings. The molecule has 0 aromatic heterocycles. The average molecular weight is 685 g/mol. The molecule has 266 valence electrons. The van der Waals surface area contributed by atoms with Crippen LogP contribution in [0.25, 0.3) is 0 Å². The second-order valence-electron chi connectivity index (χ2n) is 9.18. The SMILES string of the molecule is O=C(CCOCCOCCOCCOCCOCCOCCOCCOCCOc1ccccc1)Oc1c(F)c(F)c(F)c(F)c1F. The van der Waals surface area contributed by atoms with E-state index < -0.39 is 47.2 Å². The predicted octanol–water partition coefficient (Wildman–Crippen LogP) is 3.89. The van der Waals surface area contributed by atoms with Crippen molar-refractivity contribution < 1.29 is 74.1 Å². The number of ether oxygens (including phenoxy) is 10. The maximum Gasteiger partial charge on any atom is 0.313 e. The Hall–Kier alpha value is -2.96. The molecule has 0 atom stereocenters. The number of carbonyl (C=O) groups excluding carboxylic acids is 1. The minimum atomic E-state index is -2.35. The summed E-state index contributed by atoms with van der Waals surface area (Å²) in [4.78, 5) is 11.6. The molecule has 47 heavy (non-hydrogen) atoms. The number of esters is 1. The van der Waals surface area contributed by atoms with E-state index in [0.29, 0.717) is 85.9 Å². The summed E-state index contributed by atoms with van der Waals surface area (Å²) in [7, 11) is 0. The van der Waals surface area contributed by atoms with Crippen molar-refractivity contribution in [2.24, 2.45) is 0 Å². The molecule has 0 bridgehead atoms. The second-order valence-corrected chi connectivity index (χ2v) is 9.18. The van der Waals surface area contributed by atoms with Crippen LogP contribution in [0.2, 0.25) is 0 Å². The maximum absolute atomic E-state index is 13.5. The molecule has 16 heteroatoms. The van der Waals surface area contributed by atoms with Gasteiger partial charge in [0.25, 0.3) is 0 Å². The van der Waals surface area contributed by atoms with E-state index in [9.17, 15) is 26.7 Å². The topological polar surface area (TPSA) is 109 Å². The highest BCUT2D eigenvalue weighted by atomic mass is 19.2. The summed E-state index contributed by atoms with van der Waals surface area (Å²) in [5, 5.41) is 0. The summed E-state index contributed by atoms with van der Waals surface area (Å²) >= 11 is 0. The van der Waals surface area contributed by atoms with E-state index in [1.165, 1.54) is 0 Å². The Balaban J connectivity index is 1.24. The lowest BCUT2D eigenvalue weighted by Gasteiger charge is -2.09. The first-order chi connectivity index (χ1) is 22.9. The van der Waals surface area contributed by atoms with Crippen molar-refractivity contribution in [1.29, 1.82) is 0 Å². The van der Waals surface area contributed by atoms with Crippen LogP contribution >= 0.6 is 0 Å². The Morgan fingerprint density at radius 3 is 1.13 bits per heavy atom. The molecule has 0 radical (unpaired) electrons. The van der Waals surface area contributed by atoms with Gasteiger partial charge in [0.05, 0.1) is 112 Å². The van der Waals surface area contributed by atoms with Crippen LogP contribution in [0.15, 0.2) is 30.3 Å². The lowest BCUT2D eigenvalue weighted by molar-refractivity contribution is -0.136. The molecule has 0 saturated heterocycles. The summed E-state index contributed by atoms with van der Waals surface area (Å²) in [6.07, 6.45) is -0.485. The monoisotopic (exact) mass is 684 g/mol. The van der Waals surface area contributed by atoms with Gasteiger partial charge in [0.2, 0.25) is 34.8 Å². The van der Waals surface area contributed by atoms with Crippen molar-refractivity contribution in [2.75, 3.05) is 112 Å². The molecule has 0 saturated carbocycles. The molecule has 2 aromatic rings. The molecule has 0 aliphatic carbocycles. The molecule has 0 aliphatic rings. The van der Waals surface area contributed by atoms with E-state index >= 15 is 0 Å². The normalized spacial score (nSPS) is 11.3. The summed E-state index contributed by atoms with van der Waals surface area (Å²) in [6.45, 7) is 5.94. The molecule has 0 unspecified atom stereocenters. The minimum absolute atomic E-state index is 0.0832. The van der Waals surface area contributed by atoms with Crippen LogP contribution < -0.4 is 9.47 Å². The van der Waals surface area contributed by atoms with Crippen LogP contribution in [-0.2, 0) is 42.7 Å². The fraction of sp³-hybridized carbons (Fsp3) is 0.581. The van der Waals surface area contributed by atoms with Gasteiger partial charge in [-0.05, 0) is 12.1 Å². The first kappa shape index (κ1) is 40.2. The Morgan fingerprint density at radius 1 is 0.426 bits per heavy atom. The number of halogens is 5. The number of carbonyl (C=O) groups is 1. The van der Waals surface area contributed by atoms with E-state index in [2.05, 4.69) is 4.74 Å². The fourth-order valence-corrected chi connectivity index (χ4v) is 3.37. The molecule has 0 N–H and O–H groups in total. The van der Waals surface area contributed by atoms with E-state index in [-0.39, 0.29) is 26.4 Å². The highest BCUT2D eigenvalue weighted by Crippen LogP contribution is 2.29. The molecule has 0 amide bonds. The summed E-state index contributed by atoms with van der Waals surface area (Å²) < 4.78 is 119. The molecule has 11 nitrogen and oxygen atoms in total. The largest absolute Gasteiger partial charge is 0.491 e. The summed E-state index contributed by atoms with van der Waals surface area (Å²) in [5.74, 6) is -13.3. The van der Waals surface area contributed by atoms with Gasteiger partial charge < -0.3 is 47.4 Å². The van der Waals surface area contributed by atoms with Gasteiger partial charge in [-0.1, -0.05) is 18.2 Å². The van der Waals surface area contributed by atoms with Crippen LogP contribution in [0.1, 0.15) is 6.42 Å². The highest BCUT2D eigenvalue weighted by molar-refractivity contribution is 5.72. The van der Waals surface area contributed by atoms with E-state index in [1.807, 2.05) is 30.3 Å². The Kier molecular flexibility index (Phi) is 22.3.